The normalized spacial score (nSPS) is 15.8. The van der Waals surface area contributed by atoms with Gasteiger partial charge in [-0.1, -0.05) is 40.0 Å². The second-order valence-corrected chi connectivity index (χ2v) is 9.85. The molecule has 1 unspecified atom stereocenters. The number of carbonyl (C=O) groups is 6. The third-order valence-electron chi connectivity index (χ3n) is 5.95. The molecule has 0 aromatic rings. The van der Waals surface area contributed by atoms with Gasteiger partial charge in [-0.25, -0.2) is 0 Å². The Labute approximate surface area is 206 Å². The van der Waals surface area contributed by atoms with Crippen LogP contribution in [0.4, 0.5) is 0 Å². The van der Waals surface area contributed by atoms with Gasteiger partial charge in [-0.05, 0) is 31.1 Å². The van der Waals surface area contributed by atoms with Gasteiger partial charge >= 0.3 is 0 Å². The monoisotopic (exact) mass is 496 g/mol. The van der Waals surface area contributed by atoms with Crippen LogP contribution in [0.1, 0.15) is 59.8 Å². The summed E-state index contributed by atoms with van der Waals surface area (Å²) >= 11 is 0. The van der Waals surface area contributed by atoms with E-state index in [9.17, 15) is 28.8 Å². The molecule has 0 saturated heterocycles. The van der Waals surface area contributed by atoms with Crippen LogP contribution in [0, 0.1) is 11.3 Å². The Kier molecular flexibility index (Phi) is 12.2. The molecular formula is C23H40N6O6. The minimum atomic E-state index is -0.941. The quantitative estimate of drug-likeness (QED) is 0.199. The van der Waals surface area contributed by atoms with Gasteiger partial charge in [0.1, 0.15) is 12.1 Å². The number of primary amides is 1. The van der Waals surface area contributed by atoms with Crippen molar-refractivity contribution in [1.29, 1.82) is 0 Å². The molecule has 2 atom stereocenters. The highest BCUT2D eigenvalue weighted by atomic mass is 16.2. The van der Waals surface area contributed by atoms with E-state index in [1.54, 1.807) is 27.7 Å². The molecule has 0 aromatic carbocycles. The number of likely N-dealkylation sites (N-methyl/N-ethyl adjacent to an activating group) is 1. The Hall–Kier alpha value is -3.18. The van der Waals surface area contributed by atoms with Crippen molar-refractivity contribution < 1.29 is 28.8 Å². The summed E-state index contributed by atoms with van der Waals surface area (Å²) in [5.41, 5.74) is 4.46. The maximum Gasteiger partial charge on any atom is 0.246 e. The first-order valence-electron chi connectivity index (χ1n) is 12.0. The number of nitrogens with one attached hydrogen (secondary N) is 4. The highest BCUT2D eigenvalue weighted by Crippen LogP contribution is 2.27. The van der Waals surface area contributed by atoms with Gasteiger partial charge in [0.05, 0.1) is 19.6 Å². The Morgan fingerprint density at radius 3 is 2.14 bits per heavy atom. The maximum absolute atomic E-state index is 13.3. The third-order valence-corrected chi connectivity index (χ3v) is 5.95. The van der Waals surface area contributed by atoms with Crippen LogP contribution >= 0.6 is 0 Å². The fourth-order valence-electron chi connectivity index (χ4n) is 4.06. The molecule has 198 valence electrons. The van der Waals surface area contributed by atoms with Gasteiger partial charge in [0.15, 0.2) is 0 Å². The number of hydrogen-bond acceptors (Lipinski definition) is 6. The summed E-state index contributed by atoms with van der Waals surface area (Å²) in [6.07, 6.45) is 4.84. The van der Waals surface area contributed by atoms with Crippen LogP contribution in [0.3, 0.4) is 0 Å². The summed E-state index contributed by atoms with van der Waals surface area (Å²) in [4.78, 5) is 73.9. The minimum absolute atomic E-state index is 0.0849. The number of rotatable bonds is 13. The van der Waals surface area contributed by atoms with Crippen molar-refractivity contribution >= 4 is 35.9 Å². The second kappa shape index (κ2) is 14.3. The third kappa shape index (κ3) is 10.3. The molecule has 0 spiro atoms. The molecule has 6 amide bonds. The van der Waals surface area contributed by atoms with Crippen LogP contribution in [0.15, 0.2) is 0 Å². The average Bonchev–Trinajstić information content (AvgIpc) is 2.80. The van der Waals surface area contributed by atoms with Gasteiger partial charge in [0.25, 0.3) is 0 Å². The molecule has 1 rings (SSSR count). The number of nitrogens with two attached hydrogens (primary N) is 1. The smallest absolute Gasteiger partial charge is 0.246 e. The zero-order valence-corrected chi connectivity index (χ0v) is 21.1. The Balaban J connectivity index is 2.94. The molecule has 1 aliphatic carbocycles. The summed E-state index contributed by atoms with van der Waals surface area (Å²) in [5.74, 6) is -2.77. The van der Waals surface area contributed by atoms with Crippen LogP contribution in [-0.2, 0) is 28.8 Å². The molecule has 35 heavy (non-hydrogen) atoms. The van der Waals surface area contributed by atoms with Crippen molar-refractivity contribution in [2.75, 3.05) is 26.2 Å². The first kappa shape index (κ1) is 29.9. The van der Waals surface area contributed by atoms with Gasteiger partial charge in [-0.2, -0.15) is 0 Å². The van der Waals surface area contributed by atoms with E-state index in [1.165, 1.54) is 4.90 Å². The molecular weight excluding hydrogens is 456 g/mol. The highest BCUT2D eigenvalue weighted by Gasteiger charge is 2.37. The lowest BCUT2D eigenvalue weighted by molar-refractivity contribution is -0.142. The van der Waals surface area contributed by atoms with Crippen LogP contribution in [0.5, 0.6) is 0 Å². The fraction of sp³-hybridized carbons (Fsp3) is 0.739. The van der Waals surface area contributed by atoms with Crippen LogP contribution < -0.4 is 27.0 Å². The van der Waals surface area contributed by atoms with Gasteiger partial charge in [0, 0.05) is 6.54 Å². The lowest BCUT2D eigenvalue weighted by Gasteiger charge is -2.35. The zero-order chi connectivity index (χ0) is 26.6. The van der Waals surface area contributed by atoms with Gasteiger partial charge in [0.2, 0.25) is 35.9 Å². The number of hydrogen-bond donors (Lipinski definition) is 5. The van der Waals surface area contributed by atoms with Crippen molar-refractivity contribution in [3.05, 3.63) is 0 Å². The molecule has 12 heteroatoms. The van der Waals surface area contributed by atoms with Gasteiger partial charge < -0.3 is 31.9 Å². The van der Waals surface area contributed by atoms with Gasteiger partial charge in [-0.3, -0.25) is 28.8 Å². The predicted molar refractivity (Wildman–Crippen MR) is 128 cm³/mol. The fourth-order valence-corrected chi connectivity index (χ4v) is 4.06. The molecule has 6 N–H and O–H groups in total. The lowest BCUT2D eigenvalue weighted by Crippen LogP contribution is -2.58. The van der Waals surface area contributed by atoms with E-state index in [1.807, 2.05) is 0 Å². The summed E-state index contributed by atoms with van der Waals surface area (Å²) < 4.78 is 0. The molecule has 1 fully saturated rings. The van der Waals surface area contributed by atoms with Crippen LogP contribution in [0.2, 0.25) is 0 Å². The molecule has 0 heterocycles. The van der Waals surface area contributed by atoms with E-state index in [0.717, 1.165) is 32.1 Å². The number of nitrogens with zero attached hydrogens (tertiary/aromatic N) is 1. The van der Waals surface area contributed by atoms with E-state index >= 15 is 0 Å². The summed E-state index contributed by atoms with van der Waals surface area (Å²) in [5, 5.41) is 10.1. The molecule has 12 nitrogen and oxygen atoms in total. The Morgan fingerprint density at radius 2 is 1.63 bits per heavy atom. The predicted octanol–water partition coefficient (Wildman–Crippen LogP) is -1.22. The highest BCUT2D eigenvalue weighted by molar-refractivity contribution is 5.94. The van der Waals surface area contributed by atoms with Crippen LogP contribution in [-0.4, -0.2) is 79.1 Å². The van der Waals surface area contributed by atoms with E-state index in [4.69, 9.17) is 5.73 Å². The molecule has 0 aromatic heterocycles. The molecule has 1 saturated carbocycles. The van der Waals surface area contributed by atoms with Crippen molar-refractivity contribution in [2.24, 2.45) is 17.1 Å². The number of carbonyl (C=O) groups excluding carboxylic acids is 6. The standard InChI is InChI=1S/C23H40N6O6/c1-5-29(22(35)20(23(2,3)4)28-17(32)12-25-14-30)13-18(33)27-19(15-9-7-6-8-10-15)21(34)26-11-16(24)31/h14-15,19-20H,5-13H2,1-4H3,(H2,24,31)(H,25,30)(H,26,34)(H,27,33)(H,28,32)/t19?,20-/m1/s1. The summed E-state index contributed by atoms with van der Waals surface area (Å²) in [6.45, 7) is 6.32. The van der Waals surface area contributed by atoms with E-state index in [2.05, 4.69) is 21.3 Å². The second-order valence-electron chi connectivity index (χ2n) is 9.85. The van der Waals surface area contributed by atoms with E-state index in [-0.39, 0.29) is 32.1 Å². The topological polar surface area (TPSA) is 180 Å². The van der Waals surface area contributed by atoms with Crippen molar-refractivity contribution in [3.8, 4) is 0 Å². The average molecular weight is 497 g/mol. The minimum Gasteiger partial charge on any atom is -0.368 e. The number of amides is 6. The lowest BCUT2D eigenvalue weighted by atomic mass is 9.83. The Bertz CT molecular complexity index is 775. The largest absolute Gasteiger partial charge is 0.368 e. The Morgan fingerprint density at radius 1 is 1.00 bits per heavy atom. The van der Waals surface area contributed by atoms with E-state index in [0.29, 0.717) is 6.41 Å². The van der Waals surface area contributed by atoms with Crippen molar-refractivity contribution in [3.63, 3.8) is 0 Å². The molecule has 1 aliphatic rings. The first-order valence-corrected chi connectivity index (χ1v) is 12.0. The summed E-state index contributed by atoms with van der Waals surface area (Å²) in [6, 6.07) is -1.78. The zero-order valence-electron chi connectivity index (χ0n) is 21.1. The summed E-state index contributed by atoms with van der Waals surface area (Å²) in [7, 11) is 0. The van der Waals surface area contributed by atoms with Crippen molar-refractivity contribution in [2.45, 2.75) is 71.9 Å². The van der Waals surface area contributed by atoms with Crippen LogP contribution in [0.25, 0.3) is 0 Å². The maximum atomic E-state index is 13.3. The molecule has 0 bridgehead atoms. The molecule has 0 aliphatic heterocycles. The van der Waals surface area contributed by atoms with Crippen molar-refractivity contribution in [1.82, 2.24) is 26.2 Å². The van der Waals surface area contributed by atoms with Gasteiger partial charge in [-0.15, -0.1) is 0 Å². The van der Waals surface area contributed by atoms with E-state index < -0.39 is 47.0 Å². The first-order chi connectivity index (χ1) is 16.4. The SMILES string of the molecule is CCN(CC(=O)NC(C(=O)NCC(N)=O)C1CCCCC1)C(=O)[C@@H](NC(=O)CNC=O)C(C)(C)C. The molecule has 0 radical (unpaired) electrons.